The summed E-state index contributed by atoms with van der Waals surface area (Å²) in [5.41, 5.74) is 2.98. The number of aromatic carboxylic acids is 1. The lowest BCUT2D eigenvalue weighted by molar-refractivity contribution is 0.0697. The summed E-state index contributed by atoms with van der Waals surface area (Å²) in [6, 6.07) is 6.61. The molecular weight excluding hydrogens is 368 g/mol. The van der Waals surface area contributed by atoms with Crippen LogP contribution >= 0.6 is 23.1 Å². The first kappa shape index (κ1) is 18.3. The van der Waals surface area contributed by atoms with Crippen LogP contribution in [0.15, 0.2) is 34.8 Å². The van der Waals surface area contributed by atoms with Crippen molar-refractivity contribution in [3.05, 3.63) is 47.3 Å². The van der Waals surface area contributed by atoms with Crippen molar-refractivity contribution in [1.29, 1.82) is 0 Å². The van der Waals surface area contributed by atoms with Crippen molar-refractivity contribution in [3.63, 3.8) is 0 Å². The minimum atomic E-state index is -0.944. The van der Waals surface area contributed by atoms with E-state index in [2.05, 4.69) is 22.2 Å². The molecule has 0 saturated carbocycles. The number of carboxylic acid groups (broad SMARTS) is 1. The maximum absolute atomic E-state index is 11.0. The average Bonchev–Trinajstić information content (AvgIpc) is 3.11. The normalized spacial score (nSPS) is 10.7. The smallest absolute Gasteiger partial charge is 0.335 e. The fourth-order valence-electron chi connectivity index (χ4n) is 2.52. The number of nitrogens with one attached hydrogen (secondary N) is 1. The second kappa shape index (κ2) is 7.84. The Kier molecular flexibility index (Phi) is 5.53. The molecule has 0 spiro atoms. The third kappa shape index (κ3) is 3.86. The van der Waals surface area contributed by atoms with Gasteiger partial charge in [-0.2, -0.15) is 0 Å². The van der Waals surface area contributed by atoms with Crippen LogP contribution in [0, 0.1) is 6.92 Å². The molecule has 1 aromatic carbocycles. The molecule has 0 aliphatic heterocycles. The van der Waals surface area contributed by atoms with E-state index in [0.29, 0.717) is 5.82 Å². The van der Waals surface area contributed by atoms with Crippen molar-refractivity contribution >= 4 is 40.6 Å². The Bertz CT molecular complexity index is 939. The first-order valence-corrected chi connectivity index (χ1v) is 10.0. The van der Waals surface area contributed by atoms with E-state index in [-0.39, 0.29) is 5.56 Å². The zero-order valence-corrected chi connectivity index (χ0v) is 16.2. The van der Waals surface area contributed by atoms with Gasteiger partial charge >= 0.3 is 5.97 Å². The van der Waals surface area contributed by atoms with Crippen molar-refractivity contribution in [2.75, 3.05) is 11.6 Å². The van der Waals surface area contributed by atoms with Crippen LogP contribution < -0.4 is 5.32 Å². The molecular formula is C18H18N4O2S2. The van der Waals surface area contributed by atoms with Crippen LogP contribution in [0.25, 0.3) is 10.7 Å². The Hall–Kier alpha value is -2.45. The molecule has 0 radical (unpaired) electrons. The van der Waals surface area contributed by atoms with Crippen molar-refractivity contribution in [2.45, 2.75) is 24.6 Å². The first-order valence-electron chi connectivity index (χ1n) is 8.00. The highest BCUT2D eigenvalue weighted by molar-refractivity contribution is 8.00. The first-order chi connectivity index (χ1) is 12.5. The van der Waals surface area contributed by atoms with Gasteiger partial charge in [0.15, 0.2) is 5.82 Å². The highest BCUT2D eigenvalue weighted by Crippen LogP contribution is 2.31. The van der Waals surface area contributed by atoms with Gasteiger partial charge in [0.1, 0.15) is 10.2 Å². The Labute approximate surface area is 159 Å². The summed E-state index contributed by atoms with van der Waals surface area (Å²) in [5.74, 6) is 0.431. The van der Waals surface area contributed by atoms with Gasteiger partial charge in [-0.15, -0.1) is 11.3 Å². The third-order valence-electron chi connectivity index (χ3n) is 3.84. The summed E-state index contributed by atoms with van der Waals surface area (Å²) in [4.78, 5) is 25.6. The summed E-state index contributed by atoms with van der Waals surface area (Å²) in [6.07, 6.45) is 4.57. The summed E-state index contributed by atoms with van der Waals surface area (Å²) >= 11 is 3.16. The lowest BCUT2D eigenvalue weighted by Gasteiger charge is -2.13. The molecule has 3 aromatic rings. The number of hydrogen-bond donors (Lipinski definition) is 2. The number of thiazole rings is 1. The molecule has 0 amide bonds. The molecule has 6 nitrogen and oxygen atoms in total. The Morgan fingerprint density at radius 1 is 1.27 bits per heavy atom. The van der Waals surface area contributed by atoms with Crippen LogP contribution in [-0.2, 0) is 6.42 Å². The van der Waals surface area contributed by atoms with Crippen LogP contribution in [0.3, 0.4) is 0 Å². The predicted molar refractivity (Wildman–Crippen MR) is 106 cm³/mol. The van der Waals surface area contributed by atoms with Crippen molar-refractivity contribution in [2.24, 2.45) is 0 Å². The van der Waals surface area contributed by atoms with Crippen LogP contribution in [0.4, 0.5) is 11.5 Å². The van der Waals surface area contributed by atoms with E-state index in [1.807, 2.05) is 13.2 Å². The number of nitrogens with zero attached hydrogens (tertiary/aromatic N) is 3. The maximum Gasteiger partial charge on any atom is 0.335 e. The van der Waals surface area contributed by atoms with E-state index in [9.17, 15) is 4.79 Å². The van der Waals surface area contributed by atoms with Crippen LogP contribution in [-0.4, -0.2) is 32.3 Å². The largest absolute Gasteiger partial charge is 0.478 e. The second-order valence-electron chi connectivity index (χ2n) is 5.52. The lowest BCUT2D eigenvalue weighted by Crippen LogP contribution is -2.05. The number of rotatable bonds is 6. The van der Waals surface area contributed by atoms with Crippen molar-refractivity contribution < 1.29 is 9.90 Å². The van der Waals surface area contributed by atoms with Gasteiger partial charge in [-0.3, -0.25) is 0 Å². The molecule has 0 saturated heterocycles. The molecule has 8 heteroatoms. The molecule has 134 valence electrons. The van der Waals surface area contributed by atoms with Crippen molar-refractivity contribution in [3.8, 4) is 10.7 Å². The lowest BCUT2D eigenvalue weighted by atomic mass is 10.1. The number of aromatic nitrogens is 3. The standard InChI is InChI=1S/C18H18N4O2S2/c1-4-13-10(2)20-16(14-9-19-18(25-3)26-14)22-15(13)21-12-7-5-11(6-8-12)17(23)24/h5-9H,4H2,1-3H3,(H,23,24)(H,20,21,22). The summed E-state index contributed by atoms with van der Waals surface area (Å²) in [6.45, 7) is 4.03. The number of hydrogen-bond acceptors (Lipinski definition) is 7. The molecule has 2 heterocycles. The summed E-state index contributed by atoms with van der Waals surface area (Å²) in [5, 5.41) is 12.3. The molecule has 0 aliphatic rings. The van der Waals surface area contributed by atoms with Gasteiger partial charge in [0.05, 0.1) is 16.6 Å². The van der Waals surface area contributed by atoms with Gasteiger partial charge in [-0.25, -0.2) is 19.7 Å². The third-order valence-corrected chi connectivity index (χ3v) is 5.83. The van der Waals surface area contributed by atoms with Gasteiger partial charge < -0.3 is 10.4 Å². The number of aryl methyl sites for hydroxylation is 1. The van der Waals surface area contributed by atoms with E-state index >= 15 is 0 Å². The van der Waals surface area contributed by atoms with Gasteiger partial charge in [0.2, 0.25) is 0 Å². The predicted octanol–water partition coefficient (Wildman–Crippen LogP) is 4.63. The highest BCUT2D eigenvalue weighted by Gasteiger charge is 2.14. The zero-order valence-electron chi connectivity index (χ0n) is 14.6. The highest BCUT2D eigenvalue weighted by atomic mass is 32.2. The average molecular weight is 387 g/mol. The quantitative estimate of drug-likeness (QED) is 0.597. The number of carbonyl (C=O) groups is 1. The SMILES string of the molecule is CCc1c(C)nc(-c2cnc(SC)s2)nc1Nc1ccc(C(=O)O)cc1. The molecule has 0 bridgehead atoms. The molecule has 2 N–H and O–H groups in total. The summed E-state index contributed by atoms with van der Waals surface area (Å²) < 4.78 is 0.972. The Morgan fingerprint density at radius 3 is 2.58 bits per heavy atom. The van der Waals surface area contributed by atoms with E-state index in [1.54, 1.807) is 53.6 Å². The van der Waals surface area contributed by atoms with Crippen molar-refractivity contribution in [1.82, 2.24) is 15.0 Å². The number of benzene rings is 1. The van der Waals surface area contributed by atoms with E-state index in [4.69, 9.17) is 10.1 Å². The van der Waals surface area contributed by atoms with Gasteiger partial charge in [0, 0.05) is 16.9 Å². The monoisotopic (exact) mass is 386 g/mol. The minimum Gasteiger partial charge on any atom is -0.478 e. The number of anilines is 2. The van der Waals surface area contributed by atoms with Gasteiger partial charge in [-0.1, -0.05) is 18.7 Å². The molecule has 0 unspecified atom stereocenters. The minimum absolute atomic E-state index is 0.250. The van der Waals surface area contributed by atoms with Gasteiger partial charge in [0.25, 0.3) is 0 Å². The molecule has 2 aromatic heterocycles. The Balaban J connectivity index is 1.97. The fraction of sp³-hybridized carbons (Fsp3) is 0.222. The zero-order chi connectivity index (χ0) is 18.7. The van der Waals surface area contributed by atoms with Crippen LogP contribution in [0.2, 0.25) is 0 Å². The summed E-state index contributed by atoms with van der Waals surface area (Å²) in [7, 11) is 0. The topological polar surface area (TPSA) is 88.0 Å². The van der Waals surface area contributed by atoms with Crippen LogP contribution in [0.5, 0.6) is 0 Å². The van der Waals surface area contributed by atoms with E-state index in [0.717, 1.165) is 38.4 Å². The number of thioether (sulfide) groups is 1. The molecule has 3 rings (SSSR count). The maximum atomic E-state index is 11.0. The molecule has 0 aliphatic carbocycles. The molecule has 0 atom stereocenters. The fourth-order valence-corrected chi connectivity index (χ4v) is 3.86. The Morgan fingerprint density at radius 2 is 2.00 bits per heavy atom. The number of carboxylic acids is 1. The second-order valence-corrected chi connectivity index (χ2v) is 7.60. The molecule has 0 fully saturated rings. The van der Waals surface area contributed by atoms with Crippen LogP contribution in [0.1, 0.15) is 28.5 Å². The van der Waals surface area contributed by atoms with E-state index in [1.165, 1.54) is 0 Å². The molecule has 26 heavy (non-hydrogen) atoms. The van der Waals surface area contributed by atoms with E-state index < -0.39 is 5.97 Å². The van der Waals surface area contributed by atoms with Gasteiger partial charge in [-0.05, 0) is 43.9 Å².